The van der Waals surface area contributed by atoms with Crippen LogP contribution in [0.3, 0.4) is 0 Å². The van der Waals surface area contributed by atoms with Crippen LogP contribution in [0.25, 0.3) is 0 Å². The highest BCUT2D eigenvalue weighted by atomic mass is 79.9. The van der Waals surface area contributed by atoms with Crippen LogP contribution in [0.15, 0.2) is 10.7 Å². The number of aliphatic carboxylic acids is 1. The minimum Gasteiger partial charge on any atom is -0.481 e. The molecule has 1 aromatic heterocycles. The number of halogens is 1. The highest BCUT2D eigenvalue weighted by Gasteiger charge is 2.36. The number of pyridine rings is 1. The lowest BCUT2D eigenvalue weighted by Crippen LogP contribution is -2.27. The van der Waals surface area contributed by atoms with E-state index in [1.54, 1.807) is 0 Å². The summed E-state index contributed by atoms with van der Waals surface area (Å²) in [4.78, 5) is 28.0. The molecule has 0 aromatic carbocycles. The van der Waals surface area contributed by atoms with Gasteiger partial charge in [0, 0.05) is 19.0 Å². The van der Waals surface area contributed by atoms with Gasteiger partial charge in [0.15, 0.2) is 0 Å². The first-order valence-corrected chi connectivity index (χ1v) is 6.12. The minimum absolute atomic E-state index is 0.0545. The summed E-state index contributed by atoms with van der Waals surface area (Å²) in [6.07, 6.45) is -0.0610. The van der Waals surface area contributed by atoms with Crippen molar-refractivity contribution in [3.8, 4) is 6.07 Å². The third-order valence-electron chi connectivity index (χ3n) is 2.85. The minimum atomic E-state index is -1.02. The van der Waals surface area contributed by atoms with E-state index in [2.05, 4.69) is 20.9 Å². The third kappa shape index (κ3) is 2.37. The van der Waals surface area contributed by atoms with Gasteiger partial charge in [0.1, 0.15) is 22.1 Å². The number of nitrogens with two attached hydrogens (primary N) is 1. The van der Waals surface area contributed by atoms with Gasteiger partial charge in [-0.3, -0.25) is 14.5 Å². The third-order valence-corrected chi connectivity index (χ3v) is 3.43. The molecule has 98 valence electrons. The molecule has 0 spiro atoms. The highest BCUT2D eigenvalue weighted by molar-refractivity contribution is 9.10. The van der Waals surface area contributed by atoms with Crippen molar-refractivity contribution in [2.45, 2.75) is 6.42 Å². The van der Waals surface area contributed by atoms with Crippen molar-refractivity contribution in [2.75, 3.05) is 17.2 Å². The predicted octanol–water partition coefficient (Wildman–Crippen LogP) is 0.735. The van der Waals surface area contributed by atoms with Gasteiger partial charge >= 0.3 is 5.97 Å². The molecule has 1 aliphatic heterocycles. The lowest BCUT2D eigenvalue weighted by atomic mass is 10.1. The van der Waals surface area contributed by atoms with Crippen molar-refractivity contribution in [3.63, 3.8) is 0 Å². The molecule has 0 saturated carbocycles. The monoisotopic (exact) mass is 324 g/mol. The number of hydrogen-bond donors (Lipinski definition) is 2. The van der Waals surface area contributed by atoms with Crippen LogP contribution in [-0.4, -0.2) is 28.5 Å². The first-order chi connectivity index (χ1) is 8.93. The summed E-state index contributed by atoms with van der Waals surface area (Å²) in [6, 6.07) is 3.28. The summed E-state index contributed by atoms with van der Waals surface area (Å²) in [5.74, 6) is -1.84. The molecule has 19 heavy (non-hydrogen) atoms. The van der Waals surface area contributed by atoms with Crippen molar-refractivity contribution in [3.05, 3.63) is 16.2 Å². The van der Waals surface area contributed by atoms with E-state index in [0.29, 0.717) is 0 Å². The molecule has 1 saturated heterocycles. The van der Waals surface area contributed by atoms with Gasteiger partial charge in [0.05, 0.1) is 11.6 Å². The van der Waals surface area contributed by atoms with Gasteiger partial charge in [0.2, 0.25) is 5.91 Å². The van der Waals surface area contributed by atoms with Crippen LogP contribution in [0, 0.1) is 17.2 Å². The van der Waals surface area contributed by atoms with Gasteiger partial charge in [-0.2, -0.15) is 5.26 Å². The zero-order valence-electron chi connectivity index (χ0n) is 9.63. The number of nitrogen functional groups attached to an aromatic ring is 1. The number of aromatic nitrogens is 1. The Bertz CT molecular complexity index is 587. The number of carbonyl (C=O) groups is 2. The summed E-state index contributed by atoms with van der Waals surface area (Å²) >= 11 is 3.10. The second-order valence-corrected chi connectivity index (χ2v) is 4.84. The average molecular weight is 325 g/mol. The molecule has 1 aliphatic rings. The molecule has 1 fully saturated rings. The fourth-order valence-electron chi connectivity index (χ4n) is 1.86. The number of nitrogens with zero attached hydrogens (tertiary/aromatic N) is 3. The lowest BCUT2D eigenvalue weighted by Gasteiger charge is -2.16. The Balaban J connectivity index is 2.36. The molecular weight excluding hydrogens is 316 g/mol. The number of carbonyl (C=O) groups excluding carboxylic acids is 1. The standard InChI is InChI=1S/C11H9BrN4O3/c12-10-6(3-13)7(14)2-8(15-10)16-4-5(11(18)19)1-9(16)17/h2,5H,1,4H2,(H2,14,15)(H,18,19). The summed E-state index contributed by atoms with van der Waals surface area (Å²) < 4.78 is 0.233. The molecule has 2 rings (SSSR count). The maximum Gasteiger partial charge on any atom is 0.308 e. The second kappa shape index (κ2) is 4.85. The van der Waals surface area contributed by atoms with Gasteiger partial charge in [-0.05, 0) is 15.9 Å². The van der Waals surface area contributed by atoms with E-state index in [9.17, 15) is 9.59 Å². The largest absolute Gasteiger partial charge is 0.481 e. The number of anilines is 2. The molecular formula is C11H9BrN4O3. The summed E-state index contributed by atoms with van der Waals surface area (Å²) in [5.41, 5.74) is 6.06. The van der Waals surface area contributed by atoms with E-state index in [1.807, 2.05) is 6.07 Å². The molecule has 1 amide bonds. The number of carboxylic acids is 1. The van der Waals surface area contributed by atoms with Crippen LogP contribution in [0.1, 0.15) is 12.0 Å². The van der Waals surface area contributed by atoms with Crippen molar-refractivity contribution < 1.29 is 14.7 Å². The fraction of sp³-hybridized carbons (Fsp3) is 0.273. The Morgan fingerprint density at radius 1 is 1.68 bits per heavy atom. The van der Waals surface area contributed by atoms with Crippen LogP contribution >= 0.6 is 15.9 Å². The van der Waals surface area contributed by atoms with Gasteiger partial charge in [-0.15, -0.1) is 0 Å². The normalized spacial score (nSPS) is 18.4. The molecule has 1 aromatic rings. The Kier molecular flexibility index (Phi) is 3.40. The van der Waals surface area contributed by atoms with Crippen LogP contribution in [0.2, 0.25) is 0 Å². The fourth-order valence-corrected chi connectivity index (χ4v) is 2.36. The molecule has 8 heteroatoms. The zero-order chi connectivity index (χ0) is 14.2. The predicted molar refractivity (Wildman–Crippen MR) is 69.2 cm³/mol. The maximum atomic E-state index is 11.8. The van der Waals surface area contributed by atoms with Crippen molar-refractivity contribution >= 4 is 39.3 Å². The maximum absolute atomic E-state index is 11.8. The van der Waals surface area contributed by atoms with E-state index >= 15 is 0 Å². The number of carboxylic acid groups (broad SMARTS) is 1. The Morgan fingerprint density at radius 3 is 2.84 bits per heavy atom. The van der Waals surface area contributed by atoms with Gasteiger partial charge < -0.3 is 10.8 Å². The van der Waals surface area contributed by atoms with Crippen LogP contribution in [-0.2, 0) is 9.59 Å². The first-order valence-electron chi connectivity index (χ1n) is 5.33. The molecule has 2 heterocycles. The van der Waals surface area contributed by atoms with Gasteiger partial charge in [-0.25, -0.2) is 4.98 Å². The van der Waals surface area contributed by atoms with Crippen molar-refractivity contribution in [1.29, 1.82) is 5.26 Å². The van der Waals surface area contributed by atoms with E-state index in [-0.39, 0.29) is 40.5 Å². The number of amides is 1. The first kappa shape index (κ1) is 13.3. The Morgan fingerprint density at radius 2 is 2.37 bits per heavy atom. The Hall–Kier alpha value is -2.14. The van der Waals surface area contributed by atoms with E-state index < -0.39 is 11.9 Å². The van der Waals surface area contributed by atoms with E-state index in [0.717, 1.165) is 0 Å². The van der Waals surface area contributed by atoms with E-state index in [1.165, 1.54) is 11.0 Å². The second-order valence-electron chi connectivity index (χ2n) is 4.09. The molecule has 7 nitrogen and oxygen atoms in total. The van der Waals surface area contributed by atoms with Gasteiger partial charge in [0.25, 0.3) is 0 Å². The van der Waals surface area contributed by atoms with Crippen LogP contribution in [0.4, 0.5) is 11.5 Å². The van der Waals surface area contributed by atoms with Crippen molar-refractivity contribution in [1.82, 2.24) is 4.98 Å². The van der Waals surface area contributed by atoms with Crippen LogP contribution < -0.4 is 10.6 Å². The SMILES string of the molecule is N#Cc1c(N)cc(N2CC(C(=O)O)CC2=O)nc1Br. The lowest BCUT2D eigenvalue weighted by molar-refractivity contribution is -0.141. The molecule has 1 unspecified atom stereocenters. The summed E-state index contributed by atoms with van der Waals surface area (Å²) in [6.45, 7) is 0.0545. The number of rotatable bonds is 2. The average Bonchev–Trinajstić information content (AvgIpc) is 2.71. The molecule has 0 radical (unpaired) electrons. The molecule has 0 bridgehead atoms. The summed E-state index contributed by atoms with van der Waals surface area (Å²) in [7, 11) is 0. The summed E-state index contributed by atoms with van der Waals surface area (Å²) in [5, 5.41) is 17.8. The highest BCUT2D eigenvalue weighted by Crippen LogP contribution is 2.29. The smallest absolute Gasteiger partial charge is 0.308 e. The number of hydrogen-bond acceptors (Lipinski definition) is 5. The zero-order valence-corrected chi connectivity index (χ0v) is 11.2. The van der Waals surface area contributed by atoms with E-state index in [4.69, 9.17) is 16.1 Å². The van der Waals surface area contributed by atoms with Crippen molar-refractivity contribution in [2.24, 2.45) is 5.92 Å². The quantitative estimate of drug-likeness (QED) is 0.774. The topological polar surface area (TPSA) is 120 Å². The Labute approximate surface area is 116 Å². The van der Waals surface area contributed by atoms with Gasteiger partial charge in [-0.1, -0.05) is 0 Å². The molecule has 3 N–H and O–H groups in total. The number of nitriles is 1. The molecule has 1 atom stereocenters. The molecule has 0 aliphatic carbocycles. The van der Waals surface area contributed by atoms with Crippen LogP contribution in [0.5, 0.6) is 0 Å².